The van der Waals surface area contributed by atoms with Gasteiger partial charge in [0.05, 0.1) is 5.71 Å². The predicted molar refractivity (Wildman–Crippen MR) is 41.4 cm³/mol. The fourth-order valence-corrected chi connectivity index (χ4v) is 1.45. The van der Waals surface area contributed by atoms with Gasteiger partial charge >= 0.3 is 0 Å². The largest absolute Gasteiger partial charge is 0.411 e. The highest BCUT2D eigenvalue weighted by Gasteiger charge is 2.12. The molecule has 1 N–H and O–H groups in total. The van der Waals surface area contributed by atoms with E-state index in [9.17, 15) is 0 Å². The van der Waals surface area contributed by atoms with Gasteiger partial charge in [0, 0.05) is 0 Å². The van der Waals surface area contributed by atoms with Crippen LogP contribution in [0.3, 0.4) is 0 Å². The lowest BCUT2D eigenvalue weighted by Crippen LogP contribution is -2.10. The summed E-state index contributed by atoms with van der Waals surface area (Å²) < 4.78 is 0. The summed E-state index contributed by atoms with van der Waals surface area (Å²) in [6, 6.07) is 0. The first kappa shape index (κ1) is 7.32. The minimum Gasteiger partial charge on any atom is -0.411 e. The van der Waals surface area contributed by atoms with Gasteiger partial charge < -0.3 is 5.21 Å². The molecule has 0 fully saturated rings. The minimum atomic E-state index is 0.635. The Bertz CT molecular complexity index is 182. The Labute approximate surface area is 61.2 Å². The molecule has 0 saturated heterocycles. The number of nitrogens with zero attached hydrogens (tertiary/aromatic N) is 1. The quantitative estimate of drug-likeness (QED) is 0.405. The number of rotatable bonds is 0. The van der Waals surface area contributed by atoms with Crippen molar-refractivity contribution in [2.24, 2.45) is 11.1 Å². The number of oxime groups is 1. The third-order valence-corrected chi connectivity index (χ3v) is 1.77. The summed E-state index contributed by atoms with van der Waals surface area (Å²) in [5.41, 5.74) is 2.13. The van der Waals surface area contributed by atoms with Gasteiger partial charge in [-0.25, -0.2) is 0 Å². The summed E-state index contributed by atoms with van der Waals surface area (Å²) in [5.74, 6) is 0.635. The molecule has 0 radical (unpaired) electrons. The van der Waals surface area contributed by atoms with Crippen molar-refractivity contribution in [2.45, 2.75) is 26.7 Å². The van der Waals surface area contributed by atoms with Crippen LogP contribution in [0.15, 0.2) is 16.8 Å². The summed E-state index contributed by atoms with van der Waals surface area (Å²) in [7, 11) is 0. The van der Waals surface area contributed by atoms with Crippen LogP contribution in [0.25, 0.3) is 0 Å². The Morgan fingerprint density at radius 2 is 2.30 bits per heavy atom. The topological polar surface area (TPSA) is 32.6 Å². The van der Waals surface area contributed by atoms with Gasteiger partial charge in [-0.1, -0.05) is 17.7 Å². The fraction of sp³-hybridized carbons (Fsp3) is 0.625. The highest BCUT2D eigenvalue weighted by molar-refractivity contribution is 5.95. The van der Waals surface area contributed by atoms with Crippen LogP contribution in [0.4, 0.5) is 0 Å². The smallest absolute Gasteiger partial charge is 0.0797 e. The molecule has 2 heteroatoms. The summed E-state index contributed by atoms with van der Waals surface area (Å²) >= 11 is 0. The third-order valence-electron chi connectivity index (χ3n) is 1.77. The second-order valence-corrected chi connectivity index (χ2v) is 3.10. The van der Waals surface area contributed by atoms with E-state index in [4.69, 9.17) is 5.21 Å². The van der Waals surface area contributed by atoms with E-state index < -0.39 is 0 Å². The van der Waals surface area contributed by atoms with E-state index in [2.05, 4.69) is 19.0 Å². The van der Waals surface area contributed by atoms with Gasteiger partial charge in [0.1, 0.15) is 0 Å². The molecule has 0 saturated carbocycles. The SMILES string of the molecule is CC1=C/C(=N\O)CC(C)C1. The number of allylic oxidation sites excluding steroid dienone is 2. The molecule has 0 heterocycles. The minimum absolute atomic E-state index is 0.635. The average Bonchev–Trinajstić information content (AvgIpc) is 1.85. The molecule has 0 aliphatic heterocycles. The molecular weight excluding hydrogens is 126 g/mol. The lowest BCUT2D eigenvalue weighted by molar-refractivity contribution is 0.316. The van der Waals surface area contributed by atoms with Gasteiger partial charge in [0.2, 0.25) is 0 Å². The maximum atomic E-state index is 8.47. The second kappa shape index (κ2) is 2.86. The molecular formula is C8H13NO. The molecule has 10 heavy (non-hydrogen) atoms. The van der Waals surface area contributed by atoms with Gasteiger partial charge in [0.25, 0.3) is 0 Å². The monoisotopic (exact) mass is 139 g/mol. The van der Waals surface area contributed by atoms with Crippen LogP contribution in [-0.4, -0.2) is 10.9 Å². The van der Waals surface area contributed by atoms with Crippen molar-refractivity contribution in [3.05, 3.63) is 11.6 Å². The number of hydrogen-bond acceptors (Lipinski definition) is 2. The van der Waals surface area contributed by atoms with E-state index in [1.165, 1.54) is 5.57 Å². The van der Waals surface area contributed by atoms with Crippen LogP contribution in [0.1, 0.15) is 26.7 Å². The van der Waals surface area contributed by atoms with Crippen molar-refractivity contribution in [1.82, 2.24) is 0 Å². The van der Waals surface area contributed by atoms with Gasteiger partial charge in [-0.3, -0.25) is 0 Å². The maximum Gasteiger partial charge on any atom is 0.0797 e. The van der Waals surface area contributed by atoms with Gasteiger partial charge in [-0.05, 0) is 31.8 Å². The van der Waals surface area contributed by atoms with Crippen molar-refractivity contribution in [3.63, 3.8) is 0 Å². The number of hydrogen-bond donors (Lipinski definition) is 1. The molecule has 1 atom stereocenters. The normalized spacial score (nSPS) is 30.4. The summed E-state index contributed by atoms with van der Waals surface area (Å²) in [6.07, 6.45) is 4.01. The zero-order chi connectivity index (χ0) is 7.56. The van der Waals surface area contributed by atoms with Crippen LogP contribution in [0.5, 0.6) is 0 Å². The first-order chi connectivity index (χ1) is 4.72. The Morgan fingerprint density at radius 1 is 1.60 bits per heavy atom. The van der Waals surface area contributed by atoms with Crippen LogP contribution in [0.2, 0.25) is 0 Å². The van der Waals surface area contributed by atoms with Crippen molar-refractivity contribution in [2.75, 3.05) is 0 Å². The first-order valence-electron chi connectivity index (χ1n) is 3.60. The maximum absolute atomic E-state index is 8.47. The van der Waals surface area contributed by atoms with Crippen molar-refractivity contribution < 1.29 is 5.21 Å². The lowest BCUT2D eigenvalue weighted by Gasteiger charge is -2.16. The molecule has 1 unspecified atom stereocenters. The Morgan fingerprint density at radius 3 is 2.80 bits per heavy atom. The second-order valence-electron chi connectivity index (χ2n) is 3.10. The Hall–Kier alpha value is -0.790. The third kappa shape index (κ3) is 1.59. The molecule has 56 valence electrons. The standard InChI is InChI=1S/C8H13NO/c1-6-3-7(2)5-8(4-6)9-10/h4,7,10H,3,5H2,1-2H3/b9-8+. The van der Waals surface area contributed by atoms with Crippen LogP contribution in [-0.2, 0) is 0 Å². The molecule has 1 aliphatic carbocycles. The average molecular weight is 139 g/mol. The Kier molecular flexibility index (Phi) is 2.10. The van der Waals surface area contributed by atoms with Crippen LogP contribution < -0.4 is 0 Å². The summed E-state index contributed by atoms with van der Waals surface area (Å²) in [5, 5.41) is 11.7. The predicted octanol–water partition coefficient (Wildman–Crippen LogP) is 2.19. The van der Waals surface area contributed by atoms with Gasteiger partial charge in [0.15, 0.2) is 0 Å². The molecule has 0 bridgehead atoms. The van der Waals surface area contributed by atoms with Crippen LogP contribution >= 0.6 is 0 Å². The fourth-order valence-electron chi connectivity index (χ4n) is 1.45. The van der Waals surface area contributed by atoms with Gasteiger partial charge in [-0.2, -0.15) is 0 Å². The van der Waals surface area contributed by atoms with Gasteiger partial charge in [-0.15, -0.1) is 0 Å². The Balaban J connectivity index is 2.73. The van der Waals surface area contributed by atoms with Crippen LogP contribution in [0, 0.1) is 5.92 Å². The molecule has 0 aromatic heterocycles. The van der Waals surface area contributed by atoms with Crippen molar-refractivity contribution >= 4 is 5.71 Å². The zero-order valence-electron chi connectivity index (χ0n) is 6.46. The highest BCUT2D eigenvalue weighted by Crippen LogP contribution is 2.20. The van der Waals surface area contributed by atoms with E-state index in [-0.39, 0.29) is 0 Å². The molecule has 0 amide bonds. The molecule has 0 aromatic carbocycles. The van der Waals surface area contributed by atoms with E-state index in [0.717, 1.165) is 18.6 Å². The van der Waals surface area contributed by atoms with E-state index in [1.54, 1.807) is 0 Å². The molecule has 0 aromatic rings. The molecule has 1 rings (SSSR count). The molecule has 1 aliphatic rings. The van der Waals surface area contributed by atoms with E-state index >= 15 is 0 Å². The van der Waals surface area contributed by atoms with Crippen molar-refractivity contribution in [3.8, 4) is 0 Å². The molecule has 0 spiro atoms. The highest BCUT2D eigenvalue weighted by atomic mass is 16.4. The van der Waals surface area contributed by atoms with Crippen molar-refractivity contribution in [1.29, 1.82) is 0 Å². The summed E-state index contributed by atoms with van der Waals surface area (Å²) in [4.78, 5) is 0. The molecule has 2 nitrogen and oxygen atoms in total. The van der Waals surface area contributed by atoms with E-state index in [0.29, 0.717) is 5.92 Å². The summed E-state index contributed by atoms with van der Waals surface area (Å²) in [6.45, 7) is 4.24. The first-order valence-corrected chi connectivity index (χ1v) is 3.60. The van der Waals surface area contributed by atoms with E-state index in [1.807, 2.05) is 6.08 Å². The zero-order valence-corrected chi connectivity index (χ0v) is 6.46. The lowest BCUT2D eigenvalue weighted by atomic mass is 9.90.